The van der Waals surface area contributed by atoms with E-state index >= 15 is 0 Å². The van der Waals surface area contributed by atoms with Crippen molar-refractivity contribution in [1.29, 1.82) is 0 Å². The van der Waals surface area contributed by atoms with Crippen LogP contribution in [-0.2, 0) is 11.2 Å². The molecule has 1 amide bonds. The van der Waals surface area contributed by atoms with Crippen LogP contribution in [0.5, 0.6) is 0 Å². The lowest BCUT2D eigenvalue weighted by molar-refractivity contribution is -0.132. The summed E-state index contributed by atoms with van der Waals surface area (Å²) in [5.74, 6) is 1.79. The lowest BCUT2D eigenvalue weighted by atomic mass is 9.92. The van der Waals surface area contributed by atoms with Crippen molar-refractivity contribution in [3.8, 4) is 0 Å². The fourth-order valence-corrected chi connectivity index (χ4v) is 3.65. The van der Waals surface area contributed by atoms with Crippen molar-refractivity contribution in [3.63, 3.8) is 0 Å². The molecule has 2 nitrogen and oxygen atoms in total. The topological polar surface area (TPSA) is 20.3 Å². The molecule has 0 radical (unpaired) electrons. The molecule has 0 N–H and O–H groups in total. The Kier molecular flexibility index (Phi) is 2.89. The maximum absolute atomic E-state index is 12.5. The third-order valence-corrected chi connectivity index (χ3v) is 4.69. The van der Waals surface area contributed by atoms with Crippen LogP contribution in [0.1, 0.15) is 37.3 Å². The van der Waals surface area contributed by atoms with Gasteiger partial charge in [0.15, 0.2) is 0 Å². The van der Waals surface area contributed by atoms with Crippen molar-refractivity contribution in [2.75, 3.05) is 13.1 Å². The number of hydrogen-bond donors (Lipinski definition) is 0. The van der Waals surface area contributed by atoms with Gasteiger partial charge in [0.05, 0.1) is 0 Å². The molecule has 1 fully saturated rings. The molecule has 1 aromatic carbocycles. The van der Waals surface area contributed by atoms with Crippen LogP contribution in [0, 0.1) is 11.8 Å². The van der Waals surface area contributed by atoms with Crippen molar-refractivity contribution in [3.05, 3.63) is 35.4 Å². The number of aryl methyl sites for hydroxylation is 1. The minimum atomic E-state index is 0.272. The van der Waals surface area contributed by atoms with Crippen LogP contribution in [0.15, 0.2) is 24.3 Å². The zero-order chi connectivity index (χ0) is 12.7. The zero-order valence-electron chi connectivity index (χ0n) is 11.2. The van der Waals surface area contributed by atoms with Gasteiger partial charge in [-0.2, -0.15) is 0 Å². The molecule has 3 rings (SSSR count). The van der Waals surface area contributed by atoms with E-state index in [-0.39, 0.29) is 5.92 Å². The van der Waals surface area contributed by atoms with Gasteiger partial charge in [0.25, 0.3) is 0 Å². The molecule has 0 heterocycles. The Labute approximate surface area is 109 Å². The fraction of sp³-hybridized carbons (Fsp3) is 0.562. The third kappa shape index (κ3) is 1.66. The Balaban J connectivity index is 1.82. The molecule has 3 atom stereocenters. The molecule has 18 heavy (non-hydrogen) atoms. The quantitative estimate of drug-likeness (QED) is 0.799. The predicted octanol–water partition coefficient (Wildman–Crippen LogP) is 2.83. The van der Waals surface area contributed by atoms with Crippen LogP contribution < -0.4 is 0 Å². The van der Waals surface area contributed by atoms with Gasteiger partial charge in [-0.25, -0.2) is 0 Å². The molecule has 96 valence electrons. The maximum atomic E-state index is 12.5. The number of benzene rings is 1. The van der Waals surface area contributed by atoms with E-state index in [9.17, 15) is 4.79 Å². The molecule has 1 aromatic rings. The number of carbonyl (C=O) groups is 1. The molecule has 2 aliphatic carbocycles. The van der Waals surface area contributed by atoms with E-state index in [1.54, 1.807) is 0 Å². The number of rotatable bonds is 3. The summed E-state index contributed by atoms with van der Waals surface area (Å²) in [6.07, 6.45) is 2.35. The average Bonchev–Trinajstić information content (AvgIpc) is 3.14. The highest BCUT2D eigenvalue weighted by Gasteiger charge is 2.57. The molecule has 0 saturated heterocycles. The summed E-state index contributed by atoms with van der Waals surface area (Å²) in [4.78, 5) is 14.5. The first kappa shape index (κ1) is 11.8. The van der Waals surface area contributed by atoms with E-state index in [1.165, 1.54) is 17.5 Å². The Morgan fingerprint density at radius 3 is 2.72 bits per heavy atom. The van der Waals surface area contributed by atoms with Crippen molar-refractivity contribution in [2.45, 2.75) is 32.6 Å². The van der Waals surface area contributed by atoms with Crippen LogP contribution in [0.3, 0.4) is 0 Å². The molecule has 3 unspecified atom stereocenters. The first-order chi connectivity index (χ1) is 8.77. The summed E-state index contributed by atoms with van der Waals surface area (Å²) in [7, 11) is 0. The summed E-state index contributed by atoms with van der Waals surface area (Å²) < 4.78 is 0. The van der Waals surface area contributed by atoms with Gasteiger partial charge in [-0.1, -0.05) is 24.3 Å². The Morgan fingerprint density at radius 1 is 1.28 bits per heavy atom. The molecule has 0 spiro atoms. The first-order valence-corrected chi connectivity index (χ1v) is 7.14. The maximum Gasteiger partial charge on any atom is 0.226 e. The largest absolute Gasteiger partial charge is 0.343 e. The van der Waals surface area contributed by atoms with Gasteiger partial charge in [0.1, 0.15) is 0 Å². The highest BCUT2D eigenvalue weighted by Crippen LogP contribution is 2.60. The first-order valence-electron chi connectivity index (χ1n) is 7.14. The van der Waals surface area contributed by atoms with E-state index < -0.39 is 0 Å². The van der Waals surface area contributed by atoms with Gasteiger partial charge in [0.2, 0.25) is 5.91 Å². The van der Waals surface area contributed by atoms with E-state index in [4.69, 9.17) is 0 Å². The van der Waals surface area contributed by atoms with Crippen molar-refractivity contribution < 1.29 is 4.79 Å². The highest BCUT2D eigenvalue weighted by molar-refractivity contribution is 5.84. The van der Waals surface area contributed by atoms with E-state index in [0.29, 0.717) is 17.7 Å². The second kappa shape index (κ2) is 4.42. The molecular formula is C16H21NO. The summed E-state index contributed by atoms with van der Waals surface area (Å²) >= 11 is 0. The van der Waals surface area contributed by atoms with Crippen molar-refractivity contribution >= 4 is 5.91 Å². The normalized spacial score (nSPS) is 28.2. The van der Waals surface area contributed by atoms with Crippen molar-refractivity contribution in [2.24, 2.45) is 11.8 Å². The molecule has 2 heteroatoms. The minimum absolute atomic E-state index is 0.272. The Bertz CT molecular complexity index is 464. The monoisotopic (exact) mass is 243 g/mol. The number of hydrogen-bond acceptors (Lipinski definition) is 1. The summed E-state index contributed by atoms with van der Waals surface area (Å²) in [5.41, 5.74) is 2.91. The second-order valence-electron chi connectivity index (χ2n) is 5.46. The average molecular weight is 243 g/mol. The molecule has 2 aliphatic rings. The van der Waals surface area contributed by atoms with Gasteiger partial charge in [-0.3, -0.25) is 4.79 Å². The van der Waals surface area contributed by atoms with E-state index in [2.05, 4.69) is 38.1 Å². The van der Waals surface area contributed by atoms with Gasteiger partial charge in [-0.15, -0.1) is 0 Å². The smallest absolute Gasteiger partial charge is 0.226 e. The molecule has 1 saturated carbocycles. The number of carbonyl (C=O) groups excluding carboxylic acids is 1. The number of amides is 1. The van der Waals surface area contributed by atoms with Crippen molar-refractivity contribution in [1.82, 2.24) is 4.90 Å². The summed E-state index contributed by atoms with van der Waals surface area (Å²) in [6, 6.07) is 8.67. The van der Waals surface area contributed by atoms with Gasteiger partial charge in [-0.05, 0) is 49.7 Å². The second-order valence-corrected chi connectivity index (χ2v) is 5.46. The van der Waals surface area contributed by atoms with Crippen LogP contribution >= 0.6 is 0 Å². The van der Waals surface area contributed by atoms with E-state index in [0.717, 1.165) is 19.5 Å². The standard InChI is InChI=1S/C16H21NO/c1-3-17(4-2)16(18)15-13-10-9-11-7-5-6-8-12(11)14(13)15/h5-8,13-15H,3-4,9-10H2,1-2H3. The van der Waals surface area contributed by atoms with Gasteiger partial charge >= 0.3 is 0 Å². The minimum Gasteiger partial charge on any atom is -0.343 e. The molecule has 0 bridgehead atoms. The number of fused-ring (bicyclic) bond motifs is 3. The predicted molar refractivity (Wildman–Crippen MR) is 72.4 cm³/mol. The van der Waals surface area contributed by atoms with Gasteiger partial charge in [0, 0.05) is 19.0 Å². The van der Waals surface area contributed by atoms with Crippen LogP contribution in [0.4, 0.5) is 0 Å². The molecule has 0 aliphatic heterocycles. The summed E-state index contributed by atoms with van der Waals surface area (Å²) in [6.45, 7) is 5.82. The number of nitrogens with zero attached hydrogens (tertiary/aromatic N) is 1. The molecular weight excluding hydrogens is 222 g/mol. The molecule has 0 aromatic heterocycles. The third-order valence-electron chi connectivity index (χ3n) is 4.69. The van der Waals surface area contributed by atoms with Gasteiger partial charge < -0.3 is 4.90 Å². The lowest BCUT2D eigenvalue weighted by Gasteiger charge is -2.18. The van der Waals surface area contributed by atoms with E-state index in [1.807, 2.05) is 4.90 Å². The lowest BCUT2D eigenvalue weighted by Crippen LogP contribution is -2.32. The van der Waals surface area contributed by atoms with Crippen LogP contribution in [0.25, 0.3) is 0 Å². The highest BCUT2D eigenvalue weighted by atomic mass is 16.2. The fourth-order valence-electron chi connectivity index (χ4n) is 3.65. The Hall–Kier alpha value is -1.31. The zero-order valence-corrected chi connectivity index (χ0v) is 11.2. The summed E-state index contributed by atoms with van der Waals surface area (Å²) in [5, 5.41) is 0. The van der Waals surface area contributed by atoms with Crippen LogP contribution in [0.2, 0.25) is 0 Å². The van der Waals surface area contributed by atoms with Crippen LogP contribution in [-0.4, -0.2) is 23.9 Å². The Morgan fingerprint density at radius 2 is 2.00 bits per heavy atom. The SMILES string of the molecule is CCN(CC)C(=O)C1C2CCc3ccccc3C21.